The molecule has 92 valence electrons. The van der Waals surface area contributed by atoms with E-state index >= 15 is 0 Å². The molecule has 0 atom stereocenters. The third kappa shape index (κ3) is 1.38. The molecule has 0 aromatic heterocycles. The Balaban J connectivity index is 2.38. The molecule has 0 heteroatoms. The van der Waals surface area contributed by atoms with E-state index in [2.05, 4.69) is 52.8 Å². The minimum absolute atomic E-state index is 1.11. The molecule has 0 saturated heterocycles. The van der Waals surface area contributed by atoms with Crippen molar-refractivity contribution in [3.05, 3.63) is 57.1 Å². The van der Waals surface area contributed by atoms with Crippen molar-refractivity contribution in [2.45, 2.75) is 41.0 Å². The lowest BCUT2D eigenvalue weighted by atomic mass is 9.92. The molecule has 0 nitrogen and oxygen atoms in total. The molecule has 1 aliphatic rings. The third-order valence-corrected chi connectivity index (χ3v) is 4.75. The number of benzene rings is 2. The third-order valence-electron chi connectivity index (χ3n) is 4.75. The number of aryl methyl sites for hydroxylation is 2. The second kappa shape index (κ2) is 3.71. The Hall–Kier alpha value is -1.56. The molecule has 1 aliphatic carbocycles. The lowest BCUT2D eigenvalue weighted by Crippen LogP contribution is -1.94. The monoisotopic (exact) mass is 236 g/mol. The first-order valence-electron chi connectivity index (χ1n) is 6.70. The Labute approximate surface area is 110 Å². The molecular weight excluding hydrogens is 216 g/mol. The number of fused-ring (bicyclic) bond motifs is 3. The van der Waals surface area contributed by atoms with Gasteiger partial charge in [0.15, 0.2) is 0 Å². The summed E-state index contributed by atoms with van der Waals surface area (Å²) < 4.78 is 0. The lowest BCUT2D eigenvalue weighted by Gasteiger charge is -2.13. The highest BCUT2D eigenvalue weighted by atomic mass is 14.3. The van der Waals surface area contributed by atoms with Gasteiger partial charge in [0.1, 0.15) is 0 Å². The van der Waals surface area contributed by atoms with Crippen LogP contribution in [0, 0.1) is 34.6 Å². The van der Waals surface area contributed by atoms with Crippen LogP contribution in [-0.4, -0.2) is 0 Å². The molecule has 0 spiro atoms. The van der Waals surface area contributed by atoms with Crippen molar-refractivity contribution in [1.82, 2.24) is 0 Å². The summed E-state index contributed by atoms with van der Waals surface area (Å²) in [4.78, 5) is 0. The maximum Gasteiger partial charge on any atom is -0.00106 e. The van der Waals surface area contributed by atoms with Crippen LogP contribution in [0.4, 0.5) is 0 Å². The van der Waals surface area contributed by atoms with Gasteiger partial charge in [0.25, 0.3) is 0 Å². The summed E-state index contributed by atoms with van der Waals surface area (Å²) in [6, 6.07) is 6.95. The van der Waals surface area contributed by atoms with Crippen LogP contribution in [0.1, 0.15) is 38.9 Å². The zero-order valence-electron chi connectivity index (χ0n) is 11.9. The Bertz CT molecular complexity index is 660. The van der Waals surface area contributed by atoms with Gasteiger partial charge >= 0.3 is 0 Å². The van der Waals surface area contributed by atoms with Crippen LogP contribution in [-0.2, 0) is 6.42 Å². The first-order chi connectivity index (χ1) is 8.50. The second-order valence-electron chi connectivity index (χ2n) is 5.69. The van der Waals surface area contributed by atoms with Gasteiger partial charge in [-0.3, -0.25) is 0 Å². The normalized spacial score (nSPS) is 12.5. The average Bonchev–Trinajstić information content (AvgIpc) is 2.70. The summed E-state index contributed by atoms with van der Waals surface area (Å²) in [5.74, 6) is 0. The zero-order chi connectivity index (χ0) is 13.0. The van der Waals surface area contributed by atoms with E-state index in [1.807, 2.05) is 0 Å². The van der Waals surface area contributed by atoms with E-state index < -0.39 is 0 Å². The summed E-state index contributed by atoms with van der Waals surface area (Å²) in [5.41, 5.74) is 13.2. The van der Waals surface area contributed by atoms with Gasteiger partial charge in [0, 0.05) is 0 Å². The molecule has 0 heterocycles. The summed E-state index contributed by atoms with van der Waals surface area (Å²) in [6.07, 6.45) is 1.11. The maximum atomic E-state index is 2.38. The van der Waals surface area contributed by atoms with E-state index in [4.69, 9.17) is 0 Å². The predicted molar refractivity (Wildman–Crippen MR) is 78.4 cm³/mol. The highest BCUT2D eigenvalue weighted by Gasteiger charge is 2.23. The van der Waals surface area contributed by atoms with E-state index in [-0.39, 0.29) is 0 Å². The molecule has 0 unspecified atom stereocenters. The van der Waals surface area contributed by atoms with Gasteiger partial charge < -0.3 is 0 Å². The number of rotatable bonds is 0. The van der Waals surface area contributed by atoms with Gasteiger partial charge in [-0.15, -0.1) is 0 Å². The summed E-state index contributed by atoms with van der Waals surface area (Å²) in [5, 5.41) is 0. The largest absolute Gasteiger partial charge is 0.0587 e. The summed E-state index contributed by atoms with van der Waals surface area (Å²) >= 11 is 0. The van der Waals surface area contributed by atoms with Gasteiger partial charge in [-0.2, -0.15) is 0 Å². The smallest absolute Gasteiger partial charge is 0.00106 e. The maximum absolute atomic E-state index is 2.38. The van der Waals surface area contributed by atoms with E-state index in [0.717, 1.165) is 6.42 Å². The van der Waals surface area contributed by atoms with Crippen LogP contribution in [0.2, 0.25) is 0 Å². The zero-order valence-corrected chi connectivity index (χ0v) is 11.9. The van der Waals surface area contributed by atoms with E-state index in [0.29, 0.717) is 0 Å². The van der Waals surface area contributed by atoms with Crippen molar-refractivity contribution in [2.75, 3.05) is 0 Å². The molecule has 0 bridgehead atoms. The molecular formula is C18H20. The molecule has 0 radical (unpaired) electrons. The van der Waals surface area contributed by atoms with E-state index in [9.17, 15) is 0 Å². The summed E-state index contributed by atoms with van der Waals surface area (Å²) in [6.45, 7) is 11.2. The summed E-state index contributed by atoms with van der Waals surface area (Å²) in [7, 11) is 0. The Morgan fingerprint density at radius 1 is 0.778 bits per heavy atom. The Kier molecular flexibility index (Phi) is 2.38. The SMILES string of the molecule is Cc1cc2c(c(C)c1C)Cc1ccc(C)c(C)c1-2. The molecule has 2 aromatic carbocycles. The first-order valence-corrected chi connectivity index (χ1v) is 6.70. The fourth-order valence-electron chi connectivity index (χ4n) is 3.17. The van der Waals surface area contributed by atoms with Crippen LogP contribution < -0.4 is 0 Å². The molecule has 0 aliphatic heterocycles. The van der Waals surface area contributed by atoms with E-state index in [1.54, 1.807) is 5.56 Å². The number of hydrogen-bond acceptors (Lipinski definition) is 0. The second-order valence-corrected chi connectivity index (χ2v) is 5.69. The standard InChI is InChI=1S/C18H20/c1-10-6-7-15-9-16-14(5)12(3)11(2)8-17(16)18(15)13(10)4/h6-8H,9H2,1-5H3. The van der Waals surface area contributed by atoms with Gasteiger partial charge in [-0.25, -0.2) is 0 Å². The van der Waals surface area contributed by atoms with Crippen LogP contribution in [0.3, 0.4) is 0 Å². The van der Waals surface area contributed by atoms with Crippen molar-refractivity contribution in [3.63, 3.8) is 0 Å². The molecule has 18 heavy (non-hydrogen) atoms. The highest BCUT2D eigenvalue weighted by Crippen LogP contribution is 2.42. The molecule has 0 fully saturated rings. The molecule has 2 aromatic rings. The topological polar surface area (TPSA) is 0 Å². The van der Waals surface area contributed by atoms with Gasteiger partial charge in [0.2, 0.25) is 0 Å². The van der Waals surface area contributed by atoms with E-state index in [1.165, 1.54) is 44.5 Å². The van der Waals surface area contributed by atoms with Crippen LogP contribution >= 0.6 is 0 Å². The predicted octanol–water partition coefficient (Wildman–Crippen LogP) is 4.80. The molecule has 0 amide bonds. The van der Waals surface area contributed by atoms with Crippen LogP contribution in [0.25, 0.3) is 11.1 Å². The van der Waals surface area contributed by atoms with Crippen molar-refractivity contribution in [2.24, 2.45) is 0 Å². The van der Waals surface area contributed by atoms with Crippen molar-refractivity contribution in [3.8, 4) is 11.1 Å². The van der Waals surface area contributed by atoms with Crippen LogP contribution in [0.5, 0.6) is 0 Å². The van der Waals surface area contributed by atoms with Gasteiger partial charge in [-0.1, -0.05) is 18.2 Å². The van der Waals surface area contributed by atoms with Crippen molar-refractivity contribution < 1.29 is 0 Å². The molecule has 0 saturated carbocycles. The average molecular weight is 236 g/mol. The number of hydrogen-bond donors (Lipinski definition) is 0. The fraction of sp³-hybridized carbons (Fsp3) is 0.333. The Morgan fingerprint density at radius 2 is 1.50 bits per heavy atom. The van der Waals surface area contributed by atoms with Gasteiger partial charge in [-0.05, 0) is 91.1 Å². The Morgan fingerprint density at radius 3 is 2.22 bits per heavy atom. The van der Waals surface area contributed by atoms with Crippen molar-refractivity contribution in [1.29, 1.82) is 0 Å². The molecule has 3 rings (SSSR count). The minimum atomic E-state index is 1.11. The highest BCUT2D eigenvalue weighted by molar-refractivity contribution is 5.82. The lowest BCUT2D eigenvalue weighted by molar-refractivity contribution is 1.17. The molecule has 0 N–H and O–H groups in total. The van der Waals surface area contributed by atoms with Gasteiger partial charge in [0.05, 0.1) is 0 Å². The first kappa shape index (κ1) is 11.5. The fourth-order valence-corrected chi connectivity index (χ4v) is 3.17. The minimum Gasteiger partial charge on any atom is -0.0587 e. The van der Waals surface area contributed by atoms with Crippen LogP contribution in [0.15, 0.2) is 18.2 Å². The quantitative estimate of drug-likeness (QED) is 0.526. The van der Waals surface area contributed by atoms with Crippen molar-refractivity contribution >= 4 is 0 Å².